The number of nitrogens with one attached hydrogen (secondary N) is 2. The predicted octanol–water partition coefficient (Wildman–Crippen LogP) is 3.30. The summed E-state index contributed by atoms with van der Waals surface area (Å²) in [6.07, 6.45) is -3.51. The van der Waals surface area contributed by atoms with Crippen LogP contribution >= 0.6 is 11.6 Å². The number of halogens is 4. The van der Waals surface area contributed by atoms with Crippen molar-refractivity contribution in [3.05, 3.63) is 28.8 Å². The number of amides is 1. The second-order valence-corrected chi connectivity index (χ2v) is 5.18. The van der Waals surface area contributed by atoms with Crippen molar-refractivity contribution >= 4 is 23.2 Å². The van der Waals surface area contributed by atoms with Gasteiger partial charge in [-0.25, -0.2) is 0 Å². The molecule has 3 nitrogen and oxygen atoms in total. The summed E-state index contributed by atoms with van der Waals surface area (Å²) in [7, 11) is 0. The van der Waals surface area contributed by atoms with Crippen LogP contribution < -0.4 is 10.6 Å². The Hall–Kier alpha value is -1.27. The molecule has 1 saturated heterocycles. The van der Waals surface area contributed by atoms with Crippen LogP contribution in [0.15, 0.2) is 18.2 Å². The van der Waals surface area contributed by atoms with E-state index in [0.717, 1.165) is 19.0 Å². The Morgan fingerprint density at radius 2 is 2.20 bits per heavy atom. The van der Waals surface area contributed by atoms with Crippen molar-refractivity contribution in [2.45, 2.75) is 19.0 Å². The third-order valence-corrected chi connectivity index (χ3v) is 3.53. The predicted molar refractivity (Wildman–Crippen MR) is 70.7 cm³/mol. The van der Waals surface area contributed by atoms with Gasteiger partial charge in [-0.1, -0.05) is 17.7 Å². The lowest BCUT2D eigenvalue weighted by Crippen LogP contribution is -2.20. The van der Waals surface area contributed by atoms with Crippen molar-refractivity contribution < 1.29 is 18.0 Å². The van der Waals surface area contributed by atoms with Crippen molar-refractivity contribution in [2.24, 2.45) is 5.92 Å². The number of hydrogen-bond donors (Lipinski definition) is 2. The molecule has 1 atom stereocenters. The minimum Gasteiger partial charge on any atom is -0.324 e. The molecule has 1 fully saturated rings. The lowest BCUT2D eigenvalue weighted by molar-refractivity contribution is -0.137. The molecule has 2 rings (SSSR count). The topological polar surface area (TPSA) is 41.1 Å². The number of hydrogen-bond acceptors (Lipinski definition) is 2. The van der Waals surface area contributed by atoms with E-state index < -0.39 is 17.6 Å². The van der Waals surface area contributed by atoms with Gasteiger partial charge in [0.05, 0.1) is 16.3 Å². The first-order valence-corrected chi connectivity index (χ1v) is 6.62. The van der Waals surface area contributed by atoms with Gasteiger partial charge in [0.15, 0.2) is 0 Å². The zero-order valence-corrected chi connectivity index (χ0v) is 11.3. The second kappa shape index (κ2) is 6.01. The first-order chi connectivity index (χ1) is 9.38. The minimum atomic E-state index is -4.55. The molecule has 0 bridgehead atoms. The fourth-order valence-electron chi connectivity index (χ4n) is 2.23. The SMILES string of the molecule is O=C(CC1CCNC1)Nc1c(Cl)cccc1C(F)(F)F. The maximum Gasteiger partial charge on any atom is 0.418 e. The molecule has 1 heterocycles. The van der Waals surface area contributed by atoms with Gasteiger partial charge in [0, 0.05) is 6.42 Å². The standard InChI is InChI=1S/C13H14ClF3N2O/c14-10-3-1-2-9(13(15,16)17)12(10)19-11(20)6-8-4-5-18-7-8/h1-3,8,18H,4-7H2,(H,19,20). The average Bonchev–Trinajstić information content (AvgIpc) is 2.83. The van der Waals surface area contributed by atoms with Crippen LogP contribution in [0, 0.1) is 5.92 Å². The maximum absolute atomic E-state index is 12.9. The lowest BCUT2D eigenvalue weighted by Gasteiger charge is -2.16. The van der Waals surface area contributed by atoms with E-state index in [-0.39, 0.29) is 23.0 Å². The number of anilines is 1. The molecule has 1 unspecified atom stereocenters. The Balaban J connectivity index is 2.13. The summed E-state index contributed by atoms with van der Waals surface area (Å²) in [6.45, 7) is 1.54. The van der Waals surface area contributed by atoms with Crippen LogP contribution in [0.3, 0.4) is 0 Å². The summed E-state index contributed by atoms with van der Waals surface area (Å²) < 4.78 is 38.6. The fourth-order valence-corrected chi connectivity index (χ4v) is 2.45. The summed E-state index contributed by atoms with van der Waals surface area (Å²) in [6, 6.07) is 3.43. The van der Waals surface area contributed by atoms with Gasteiger partial charge in [-0.05, 0) is 37.6 Å². The van der Waals surface area contributed by atoms with Crippen molar-refractivity contribution in [1.29, 1.82) is 0 Å². The Labute approximate surface area is 119 Å². The summed E-state index contributed by atoms with van der Waals surface area (Å²) in [5.74, 6) is -0.288. The molecule has 1 aromatic rings. The van der Waals surface area contributed by atoms with Crippen LogP contribution in [0.5, 0.6) is 0 Å². The third-order valence-electron chi connectivity index (χ3n) is 3.22. The van der Waals surface area contributed by atoms with E-state index in [9.17, 15) is 18.0 Å². The number of para-hydroxylation sites is 1. The zero-order valence-electron chi connectivity index (χ0n) is 10.6. The Morgan fingerprint density at radius 1 is 1.45 bits per heavy atom. The quantitative estimate of drug-likeness (QED) is 0.899. The minimum absolute atomic E-state index is 0.113. The third kappa shape index (κ3) is 3.64. The number of carbonyl (C=O) groups is 1. The van der Waals surface area contributed by atoms with Crippen LogP contribution in [0.2, 0.25) is 5.02 Å². The summed E-state index contributed by atoms with van der Waals surface area (Å²) in [5, 5.41) is 5.28. The highest BCUT2D eigenvalue weighted by molar-refractivity contribution is 6.34. The molecule has 0 radical (unpaired) electrons. The zero-order chi connectivity index (χ0) is 14.8. The van der Waals surface area contributed by atoms with Gasteiger partial charge < -0.3 is 10.6 Å². The molecule has 1 amide bonds. The second-order valence-electron chi connectivity index (χ2n) is 4.77. The molecule has 0 spiro atoms. The van der Waals surface area contributed by atoms with Gasteiger partial charge in [-0.3, -0.25) is 4.79 Å². The van der Waals surface area contributed by atoms with Crippen molar-refractivity contribution in [3.8, 4) is 0 Å². The normalized spacial score (nSPS) is 19.1. The highest BCUT2D eigenvalue weighted by Crippen LogP contribution is 2.38. The number of alkyl halides is 3. The number of rotatable bonds is 3. The first-order valence-electron chi connectivity index (χ1n) is 6.24. The van der Waals surface area contributed by atoms with E-state index in [0.29, 0.717) is 6.54 Å². The van der Waals surface area contributed by atoms with Crippen LogP contribution in [-0.2, 0) is 11.0 Å². The first kappa shape index (κ1) is 15.1. The maximum atomic E-state index is 12.9. The fraction of sp³-hybridized carbons (Fsp3) is 0.462. The molecule has 7 heteroatoms. The van der Waals surface area contributed by atoms with E-state index in [1.165, 1.54) is 12.1 Å². The van der Waals surface area contributed by atoms with Gasteiger partial charge in [0.1, 0.15) is 0 Å². The summed E-state index contributed by atoms with van der Waals surface area (Å²) in [4.78, 5) is 11.8. The van der Waals surface area contributed by atoms with E-state index in [1.807, 2.05) is 0 Å². The molecule has 0 saturated carbocycles. The molecule has 20 heavy (non-hydrogen) atoms. The highest BCUT2D eigenvalue weighted by atomic mass is 35.5. The highest BCUT2D eigenvalue weighted by Gasteiger charge is 2.35. The monoisotopic (exact) mass is 306 g/mol. The van der Waals surface area contributed by atoms with Gasteiger partial charge in [0.25, 0.3) is 0 Å². The van der Waals surface area contributed by atoms with Crippen molar-refractivity contribution in [1.82, 2.24) is 5.32 Å². The van der Waals surface area contributed by atoms with Crippen LogP contribution in [-0.4, -0.2) is 19.0 Å². The molecule has 0 aromatic heterocycles. The number of carbonyl (C=O) groups excluding carboxylic acids is 1. The lowest BCUT2D eigenvalue weighted by atomic mass is 10.0. The molecule has 0 aliphatic carbocycles. The molecule has 2 N–H and O–H groups in total. The summed E-state index contributed by atoms with van der Waals surface area (Å²) in [5.41, 5.74) is -1.29. The van der Waals surface area contributed by atoms with E-state index >= 15 is 0 Å². The molecule has 1 aliphatic heterocycles. The summed E-state index contributed by atoms with van der Waals surface area (Å²) >= 11 is 5.77. The molecular weight excluding hydrogens is 293 g/mol. The van der Waals surface area contributed by atoms with Gasteiger partial charge in [-0.15, -0.1) is 0 Å². The van der Waals surface area contributed by atoms with E-state index in [2.05, 4.69) is 10.6 Å². The van der Waals surface area contributed by atoms with Gasteiger partial charge >= 0.3 is 6.18 Å². The van der Waals surface area contributed by atoms with Gasteiger partial charge in [0.2, 0.25) is 5.91 Å². The molecule has 1 aliphatic rings. The Kier molecular flexibility index (Phi) is 4.55. The number of benzene rings is 1. The van der Waals surface area contributed by atoms with E-state index in [4.69, 9.17) is 11.6 Å². The molecule has 110 valence electrons. The van der Waals surface area contributed by atoms with Crippen LogP contribution in [0.4, 0.5) is 18.9 Å². The Bertz CT molecular complexity index is 499. The van der Waals surface area contributed by atoms with E-state index in [1.54, 1.807) is 0 Å². The smallest absolute Gasteiger partial charge is 0.324 e. The largest absolute Gasteiger partial charge is 0.418 e. The average molecular weight is 307 g/mol. The van der Waals surface area contributed by atoms with Crippen LogP contribution in [0.1, 0.15) is 18.4 Å². The van der Waals surface area contributed by atoms with Crippen molar-refractivity contribution in [3.63, 3.8) is 0 Å². The molecule has 1 aromatic carbocycles. The van der Waals surface area contributed by atoms with Gasteiger partial charge in [-0.2, -0.15) is 13.2 Å². The molecular formula is C13H14ClF3N2O. The van der Waals surface area contributed by atoms with Crippen LogP contribution in [0.25, 0.3) is 0 Å². The Morgan fingerprint density at radius 3 is 2.80 bits per heavy atom. The van der Waals surface area contributed by atoms with Crippen molar-refractivity contribution in [2.75, 3.05) is 18.4 Å².